The Bertz CT molecular complexity index is 1290. The molecule has 0 aliphatic carbocycles. The monoisotopic (exact) mass is 432 g/mol. The molecule has 1 atom stereocenters. The molecule has 2 aromatic heterocycles. The minimum Gasteiger partial charge on any atom is -0.451 e. The zero-order chi connectivity index (χ0) is 22.1. The van der Waals surface area contributed by atoms with Crippen LogP contribution in [0.1, 0.15) is 12.5 Å². The Morgan fingerprint density at radius 1 is 1.12 bits per heavy atom. The minimum absolute atomic E-state index is 0.103. The number of hydrogen-bond donors (Lipinski definition) is 1. The maximum absolute atomic E-state index is 13.9. The second-order valence-corrected chi connectivity index (χ2v) is 7.11. The van der Waals surface area contributed by atoms with Crippen LogP contribution in [0, 0.1) is 5.82 Å². The van der Waals surface area contributed by atoms with Crippen molar-refractivity contribution in [1.82, 2.24) is 15.1 Å². The van der Waals surface area contributed by atoms with Crippen LogP contribution in [0.3, 0.4) is 0 Å². The van der Waals surface area contributed by atoms with Crippen LogP contribution in [0.15, 0.2) is 65.6 Å². The molecule has 3 heterocycles. The van der Waals surface area contributed by atoms with Crippen molar-refractivity contribution >= 4 is 11.8 Å². The molecule has 1 unspecified atom stereocenters. The molecule has 8 nitrogen and oxygen atoms in total. The lowest BCUT2D eigenvalue weighted by Crippen LogP contribution is -2.15. The van der Waals surface area contributed by atoms with Crippen LogP contribution in [-0.2, 0) is 11.2 Å². The minimum atomic E-state index is -0.452. The summed E-state index contributed by atoms with van der Waals surface area (Å²) in [6.07, 6.45) is 2.42. The molecule has 0 saturated carbocycles. The molecular weight excluding hydrogens is 415 g/mol. The molecule has 32 heavy (non-hydrogen) atoms. The zero-order valence-electron chi connectivity index (χ0n) is 16.9. The van der Waals surface area contributed by atoms with Crippen molar-refractivity contribution in [3.8, 4) is 34.0 Å². The Balaban J connectivity index is 1.50. The van der Waals surface area contributed by atoms with E-state index in [1.165, 1.54) is 12.4 Å². The van der Waals surface area contributed by atoms with Crippen molar-refractivity contribution in [2.24, 2.45) is 0 Å². The maximum Gasteiger partial charge on any atom is 0.241 e. The lowest BCUT2D eigenvalue weighted by molar-refractivity contribution is -0.115. The second-order valence-electron chi connectivity index (χ2n) is 7.11. The zero-order valence-corrected chi connectivity index (χ0v) is 16.9. The predicted octanol–water partition coefficient (Wildman–Crippen LogP) is 4.24. The highest BCUT2D eigenvalue weighted by Crippen LogP contribution is 2.42. The lowest BCUT2D eigenvalue weighted by atomic mass is 10.0. The van der Waals surface area contributed by atoms with Gasteiger partial charge in [-0.2, -0.15) is 0 Å². The number of hydrogen-bond acceptors (Lipinski definition) is 7. The average molecular weight is 432 g/mol. The summed E-state index contributed by atoms with van der Waals surface area (Å²) in [4.78, 5) is 20.8. The van der Waals surface area contributed by atoms with Gasteiger partial charge in [-0.1, -0.05) is 23.4 Å². The van der Waals surface area contributed by atoms with E-state index in [9.17, 15) is 9.18 Å². The summed E-state index contributed by atoms with van der Waals surface area (Å²) in [6, 6.07) is 13.2. The van der Waals surface area contributed by atoms with Crippen LogP contribution < -0.4 is 14.8 Å². The van der Waals surface area contributed by atoms with Crippen LogP contribution in [0.2, 0.25) is 0 Å². The number of nitrogens with zero attached hydrogens (tertiary/aromatic N) is 3. The average Bonchev–Trinajstić information content (AvgIpc) is 3.37. The van der Waals surface area contributed by atoms with E-state index in [1.54, 1.807) is 49.5 Å². The Hall–Kier alpha value is -4.27. The third-order valence-corrected chi connectivity index (χ3v) is 4.89. The van der Waals surface area contributed by atoms with Crippen LogP contribution in [-0.4, -0.2) is 27.3 Å². The largest absolute Gasteiger partial charge is 0.451 e. The van der Waals surface area contributed by atoms with Crippen LogP contribution >= 0.6 is 0 Å². The number of rotatable bonds is 5. The van der Waals surface area contributed by atoms with E-state index in [1.807, 2.05) is 6.07 Å². The predicted molar refractivity (Wildman–Crippen MR) is 112 cm³/mol. The molecule has 2 aromatic carbocycles. The van der Waals surface area contributed by atoms with Crippen molar-refractivity contribution in [3.63, 3.8) is 0 Å². The van der Waals surface area contributed by atoms with Gasteiger partial charge in [0.05, 0.1) is 17.7 Å². The number of carbonyl (C=O) groups excluding carboxylic acids is 1. The number of halogens is 1. The molecule has 4 aromatic rings. The van der Waals surface area contributed by atoms with Gasteiger partial charge in [-0.15, -0.1) is 0 Å². The summed E-state index contributed by atoms with van der Waals surface area (Å²) in [5, 5.41) is 6.85. The van der Waals surface area contributed by atoms with Gasteiger partial charge in [0.2, 0.25) is 18.1 Å². The number of fused-ring (bicyclic) bond motifs is 1. The Kier molecular flexibility index (Phi) is 4.98. The molecule has 1 N–H and O–H groups in total. The highest BCUT2D eigenvalue weighted by Gasteiger charge is 2.26. The lowest BCUT2D eigenvalue weighted by Gasteiger charge is -2.07. The summed E-state index contributed by atoms with van der Waals surface area (Å²) in [5.41, 5.74) is 2.40. The normalized spacial score (nSPS) is 14.4. The number of amides is 1. The SMILES string of the molecule is CC1Oc2ccc(-c3noc(NC(=O)Cc4ccccc4F)c3-c3ccncn3)cc2O1. The molecule has 1 aliphatic heterocycles. The number of nitrogens with one attached hydrogen (secondary N) is 1. The van der Waals surface area contributed by atoms with Crippen molar-refractivity contribution in [2.75, 3.05) is 5.32 Å². The fourth-order valence-electron chi connectivity index (χ4n) is 3.46. The van der Waals surface area contributed by atoms with Crippen molar-refractivity contribution in [2.45, 2.75) is 19.6 Å². The number of aromatic nitrogens is 3. The summed E-state index contributed by atoms with van der Waals surface area (Å²) < 4.78 is 30.6. The topological polar surface area (TPSA) is 99.4 Å². The molecule has 1 aliphatic rings. The van der Waals surface area contributed by atoms with E-state index in [0.29, 0.717) is 34.0 Å². The fourth-order valence-corrected chi connectivity index (χ4v) is 3.46. The maximum atomic E-state index is 13.9. The summed E-state index contributed by atoms with van der Waals surface area (Å²) in [6.45, 7) is 1.80. The molecule has 160 valence electrons. The third-order valence-electron chi connectivity index (χ3n) is 4.89. The molecule has 0 fully saturated rings. The fraction of sp³-hybridized carbons (Fsp3) is 0.130. The van der Waals surface area contributed by atoms with Gasteiger partial charge in [0.15, 0.2) is 11.5 Å². The number of benzene rings is 2. The van der Waals surface area contributed by atoms with Crippen LogP contribution in [0.4, 0.5) is 10.3 Å². The standard InChI is InChI=1S/C23H17FN4O4/c1-13-30-18-7-6-15(10-19(18)31-13)22-21(17-8-9-25-12-26-17)23(32-28-22)27-20(29)11-14-4-2-3-5-16(14)24/h2-10,12-13H,11H2,1H3,(H,27,29). The van der Waals surface area contributed by atoms with Gasteiger partial charge < -0.3 is 14.0 Å². The third kappa shape index (κ3) is 3.76. The first-order valence-electron chi connectivity index (χ1n) is 9.85. The first-order chi connectivity index (χ1) is 15.6. The highest BCUT2D eigenvalue weighted by molar-refractivity contribution is 5.97. The van der Waals surface area contributed by atoms with E-state index in [4.69, 9.17) is 14.0 Å². The summed E-state index contributed by atoms with van der Waals surface area (Å²) in [5.74, 6) is 0.411. The van der Waals surface area contributed by atoms with Gasteiger partial charge in [0.25, 0.3) is 0 Å². The van der Waals surface area contributed by atoms with Gasteiger partial charge in [0.1, 0.15) is 17.8 Å². The molecule has 0 radical (unpaired) electrons. The van der Waals surface area contributed by atoms with Gasteiger partial charge in [0, 0.05) is 18.7 Å². The smallest absolute Gasteiger partial charge is 0.241 e. The van der Waals surface area contributed by atoms with Crippen LogP contribution in [0.5, 0.6) is 11.5 Å². The van der Waals surface area contributed by atoms with Gasteiger partial charge in [-0.3, -0.25) is 10.1 Å². The van der Waals surface area contributed by atoms with E-state index < -0.39 is 11.7 Å². The molecule has 1 amide bonds. The van der Waals surface area contributed by atoms with Crippen molar-refractivity contribution in [3.05, 3.63) is 72.4 Å². The Morgan fingerprint density at radius 2 is 1.97 bits per heavy atom. The molecule has 5 rings (SSSR count). The number of ether oxygens (including phenoxy) is 2. The number of anilines is 1. The first-order valence-corrected chi connectivity index (χ1v) is 9.85. The van der Waals surface area contributed by atoms with Crippen molar-refractivity contribution < 1.29 is 23.2 Å². The Morgan fingerprint density at radius 3 is 2.78 bits per heavy atom. The summed E-state index contributed by atoms with van der Waals surface area (Å²) >= 11 is 0. The van der Waals surface area contributed by atoms with Crippen molar-refractivity contribution in [1.29, 1.82) is 0 Å². The molecule has 0 bridgehead atoms. The van der Waals surface area contributed by atoms with E-state index in [2.05, 4.69) is 20.4 Å². The van der Waals surface area contributed by atoms with E-state index >= 15 is 0 Å². The molecule has 0 saturated heterocycles. The first kappa shape index (κ1) is 19.7. The van der Waals surface area contributed by atoms with Gasteiger partial charge in [-0.05, 0) is 35.9 Å². The quantitative estimate of drug-likeness (QED) is 0.504. The van der Waals surface area contributed by atoms with E-state index in [0.717, 1.165) is 0 Å². The van der Waals surface area contributed by atoms with Crippen LogP contribution in [0.25, 0.3) is 22.5 Å². The highest BCUT2D eigenvalue weighted by atomic mass is 19.1. The molecular formula is C23H17FN4O4. The molecule has 0 spiro atoms. The molecule has 9 heteroatoms. The second kappa shape index (κ2) is 8.10. The Labute approximate surface area is 182 Å². The van der Waals surface area contributed by atoms with Gasteiger partial charge in [-0.25, -0.2) is 14.4 Å². The van der Waals surface area contributed by atoms with Gasteiger partial charge >= 0.3 is 0 Å². The number of carbonyl (C=O) groups is 1. The van der Waals surface area contributed by atoms with E-state index in [-0.39, 0.29) is 24.2 Å². The summed E-state index contributed by atoms with van der Waals surface area (Å²) in [7, 11) is 0.